The van der Waals surface area contributed by atoms with Crippen molar-refractivity contribution in [3.05, 3.63) is 41.6 Å². The van der Waals surface area contributed by atoms with E-state index in [2.05, 4.69) is 10.6 Å². The van der Waals surface area contributed by atoms with Crippen LogP contribution in [-0.2, 0) is 9.59 Å². The molecule has 0 atom stereocenters. The molecule has 26 heavy (non-hydrogen) atoms. The zero-order chi connectivity index (χ0) is 18.5. The number of imide groups is 1. The molecule has 138 valence electrons. The van der Waals surface area contributed by atoms with Crippen molar-refractivity contribution in [2.24, 2.45) is 0 Å². The van der Waals surface area contributed by atoms with E-state index in [1.807, 2.05) is 0 Å². The van der Waals surface area contributed by atoms with Gasteiger partial charge < -0.3 is 15.7 Å². The van der Waals surface area contributed by atoms with Gasteiger partial charge in [-0.2, -0.15) is 0 Å². The number of carbonyl (C=O) groups excluding carboxylic acids is 3. The molecule has 1 aliphatic heterocycles. The average molecular weight is 357 g/mol. The summed E-state index contributed by atoms with van der Waals surface area (Å²) in [5.74, 6) is -1.17. The van der Waals surface area contributed by atoms with Gasteiger partial charge in [0, 0.05) is 12.1 Å². The number of nitrogens with zero attached hydrogens (tertiary/aromatic N) is 1. The highest BCUT2D eigenvalue weighted by atomic mass is 16.3. The highest BCUT2D eigenvalue weighted by molar-refractivity contribution is 6.17. The summed E-state index contributed by atoms with van der Waals surface area (Å²) in [5, 5.41) is 14.9. The van der Waals surface area contributed by atoms with Crippen molar-refractivity contribution in [3.63, 3.8) is 0 Å². The smallest absolute Gasteiger partial charge is 0.277 e. The molecule has 1 aromatic carbocycles. The van der Waals surface area contributed by atoms with Gasteiger partial charge in [0.05, 0.1) is 24.4 Å². The number of benzene rings is 1. The zero-order valence-electron chi connectivity index (χ0n) is 14.5. The number of β-amino-alcohol motifs (C(OH)–C–C–N with tert-alkyl or cyclic N) is 1. The van der Waals surface area contributed by atoms with E-state index in [1.165, 1.54) is 12.5 Å². The van der Waals surface area contributed by atoms with Crippen molar-refractivity contribution in [2.75, 3.05) is 18.5 Å². The number of carbonyl (C=O) groups is 3. The van der Waals surface area contributed by atoms with Crippen LogP contribution in [0.15, 0.2) is 36.0 Å². The van der Waals surface area contributed by atoms with Gasteiger partial charge in [0.1, 0.15) is 5.70 Å². The number of aliphatic hydroxyl groups is 1. The van der Waals surface area contributed by atoms with Crippen molar-refractivity contribution < 1.29 is 19.5 Å². The van der Waals surface area contributed by atoms with E-state index < -0.39 is 11.8 Å². The molecule has 7 heteroatoms. The third-order valence-corrected chi connectivity index (χ3v) is 4.71. The van der Waals surface area contributed by atoms with Crippen LogP contribution in [0.3, 0.4) is 0 Å². The van der Waals surface area contributed by atoms with Crippen LogP contribution >= 0.6 is 0 Å². The van der Waals surface area contributed by atoms with Crippen LogP contribution in [0, 0.1) is 0 Å². The monoisotopic (exact) mass is 357 g/mol. The number of amides is 3. The van der Waals surface area contributed by atoms with Gasteiger partial charge in [-0.05, 0) is 25.0 Å². The van der Waals surface area contributed by atoms with Crippen LogP contribution in [0.25, 0.3) is 0 Å². The fourth-order valence-corrected chi connectivity index (χ4v) is 3.36. The normalized spacial score (nSPS) is 18.0. The lowest BCUT2D eigenvalue weighted by Gasteiger charge is -2.23. The van der Waals surface area contributed by atoms with Gasteiger partial charge in [-0.3, -0.25) is 19.3 Å². The Labute approximate surface area is 152 Å². The van der Waals surface area contributed by atoms with Crippen molar-refractivity contribution in [1.82, 2.24) is 10.2 Å². The number of hydrogen-bond acceptors (Lipinski definition) is 5. The number of nitrogens with one attached hydrogen (secondary N) is 2. The highest BCUT2D eigenvalue weighted by Crippen LogP contribution is 2.22. The summed E-state index contributed by atoms with van der Waals surface area (Å²) in [5.41, 5.74) is 1.00. The van der Waals surface area contributed by atoms with Crippen LogP contribution in [0.5, 0.6) is 0 Å². The molecule has 1 saturated carbocycles. The molecule has 7 nitrogen and oxygen atoms in total. The second-order valence-corrected chi connectivity index (χ2v) is 6.56. The maximum Gasteiger partial charge on any atom is 0.277 e. The Balaban J connectivity index is 1.73. The summed E-state index contributed by atoms with van der Waals surface area (Å²) in [6, 6.07) is 7.08. The minimum atomic E-state index is -0.508. The van der Waals surface area contributed by atoms with Gasteiger partial charge in [-0.25, -0.2) is 0 Å². The van der Waals surface area contributed by atoms with Gasteiger partial charge in [0.2, 0.25) is 0 Å². The maximum atomic E-state index is 12.7. The van der Waals surface area contributed by atoms with Crippen molar-refractivity contribution in [3.8, 4) is 0 Å². The van der Waals surface area contributed by atoms with Gasteiger partial charge in [0.25, 0.3) is 17.7 Å². The molecule has 0 spiro atoms. The fraction of sp³-hybridized carbons (Fsp3) is 0.421. The zero-order valence-corrected chi connectivity index (χ0v) is 14.5. The maximum absolute atomic E-state index is 12.7. The average Bonchev–Trinajstić information content (AvgIpc) is 2.91. The van der Waals surface area contributed by atoms with E-state index in [0.29, 0.717) is 11.3 Å². The molecule has 1 fully saturated rings. The highest BCUT2D eigenvalue weighted by Gasteiger charge is 2.31. The molecule has 2 aliphatic rings. The van der Waals surface area contributed by atoms with Crippen molar-refractivity contribution in [2.45, 2.75) is 38.1 Å². The molecule has 1 aromatic rings. The molecule has 3 rings (SSSR count). The molecule has 0 radical (unpaired) electrons. The Hall–Kier alpha value is -2.67. The van der Waals surface area contributed by atoms with E-state index in [0.717, 1.165) is 30.6 Å². The third kappa shape index (κ3) is 3.94. The van der Waals surface area contributed by atoms with Crippen LogP contribution in [0.4, 0.5) is 5.69 Å². The van der Waals surface area contributed by atoms with E-state index in [-0.39, 0.29) is 30.8 Å². The van der Waals surface area contributed by atoms with Crippen LogP contribution in [0.2, 0.25) is 0 Å². The number of aliphatic hydroxyl groups excluding tert-OH is 1. The third-order valence-electron chi connectivity index (χ3n) is 4.71. The predicted octanol–water partition coefficient (Wildman–Crippen LogP) is 1.41. The van der Waals surface area contributed by atoms with Gasteiger partial charge in [-0.15, -0.1) is 0 Å². The number of anilines is 1. The molecule has 1 heterocycles. The van der Waals surface area contributed by atoms with Crippen molar-refractivity contribution in [1.29, 1.82) is 0 Å². The summed E-state index contributed by atoms with van der Waals surface area (Å²) >= 11 is 0. The molecule has 0 saturated heterocycles. The summed E-state index contributed by atoms with van der Waals surface area (Å²) in [6.45, 7) is -0.345. The minimum Gasteiger partial charge on any atom is -0.395 e. The number of hydrogen-bond donors (Lipinski definition) is 3. The molecule has 0 bridgehead atoms. The Kier molecular flexibility index (Phi) is 5.68. The van der Waals surface area contributed by atoms with Crippen LogP contribution in [-0.4, -0.2) is 46.9 Å². The Bertz CT molecular complexity index is 738. The van der Waals surface area contributed by atoms with Gasteiger partial charge in [0.15, 0.2) is 0 Å². The fourth-order valence-electron chi connectivity index (χ4n) is 3.36. The van der Waals surface area contributed by atoms with E-state index in [9.17, 15) is 14.4 Å². The second-order valence-electron chi connectivity index (χ2n) is 6.56. The predicted molar refractivity (Wildman–Crippen MR) is 96.3 cm³/mol. The minimum absolute atomic E-state index is 0.0524. The largest absolute Gasteiger partial charge is 0.395 e. The first-order valence-corrected chi connectivity index (χ1v) is 8.95. The number of rotatable bonds is 6. The molecule has 3 N–H and O–H groups in total. The van der Waals surface area contributed by atoms with E-state index in [4.69, 9.17) is 5.11 Å². The molecule has 3 amide bonds. The van der Waals surface area contributed by atoms with Crippen molar-refractivity contribution >= 4 is 23.4 Å². The number of para-hydroxylation sites is 1. The topological polar surface area (TPSA) is 98.7 Å². The first-order valence-electron chi connectivity index (χ1n) is 8.95. The lowest BCUT2D eigenvalue weighted by molar-refractivity contribution is -0.137. The summed E-state index contributed by atoms with van der Waals surface area (Å²) < 4.78 is 0. The molecule has 0 aromatic heterocycles. The van der Waals surface area contributed by atoms with Gasteiger partial charge >= 0.3 is 0 Å². The summed E-state index contributed by atoms with van der Waals surface area (Å²) in [4.78, 5) is 37.7. The molecule has 1 aliphatic carbocycles. The summed E-state index contributed by atoms with van der Waals surface area (Å²) in [6.07, 6.45) is 6.60. The van der Waals surface area contributed by atoms with Gasteiger partial charge in [-0.1, -0.05) is 31.4 Å². The summed E-state index contributed by atoms with van der Waals surface area (Å²) in [7, 11) is 0. The second kappa shape index (κ2) is 8.14. The Morgan fingerprint density at radius 3 is 2.62 bits per heavy atom. The first-order chi connectivity index (χ1) is 12.6. The lowest BCUT2D eigenvalue weighted by Crippen LogP contribution is -2.36. The van der Waals surface area contributed by atoms with Crippen LogP contribution < -0.4 is 10.6 Å². The molecular weight excluding hydrogens is 334 g/mol. The Morgan fingerprint density at radius 1 is 1.15 bits per heavy atom. The van der Waals surface area contributed by atoms with E-state index >= 15 is 0 Å². The quantitative estimate of drug-likeness (QED) is 0.669. The molecular formula is C19H23N3O4. The molecule has 0 unspecified atom stereocenters. The standard InChI is InChI=1S/C19H23N3O4/c23-11-10-22-17(24)12-16(19(22)26)21-15-9-5-4-8-14(15)18(25)20-13-6-2-1-3-7-13/h4-5,8-9,12-13,21,23H,1-3,6-7,10-11H2,(H,20,25). The first kappa shape index (κ1) is 18.1. The SMILES string of the molecule is O=C(NC1CCCCC1)c1ccccc1NC1=CC(=O)N(CCO)C1=O. The van der Waals surface area contributed by atoms with E-state index in [1.54, 1.807) is 24.3 Å². The lowest BCUT2D eigenvalue weighted by atomic mass is 9.95. The Morgan fingerprint density at radius 2 is 1.88 bits per heavy atom. The van der Waals surface area contributed by atoms with Crippen LogP contribution in [0.1, 0.15) is 42.5 Å².